The lowest BCUT2D eigenvalue weighted by Crippen LogP contribution is -2.06. The van der Waals surface area contributed by atoms with Crippen LogP contribution in [0.15, 0.2) is 223 Å². The number of hydrogen-bond acceptors (Lipinski definition) is 2. The fourth-order valence-electron chi connectivity index (χ4n) is 9.59. The summed E-state index contributed by atoms with van der Waals surface area (Å²) in [5.74, 6) is 2.25. The lowest BCUT2D eigenvalue weighted by Gasteiger charge is -2.17. The van der Waals surface area contributed by atoms with Crippen molar-refractivity contribution < 1.29 is 0 Å². The van der Waals surface area contributed by atoms with E-state index < -0.39 is 0 Å². The van der Waals surface area contributed by atoms with Crippen LogP contribution in [-0.2, 0) is 0 Å². The summed E-state index contributed by atoms with van der Waals surface area (Å²) in [6.45, 7) is 4.58. The van der Waals surface area contributed by atoms with E-state index in [9.17, 15) is 0 Å². The van der Waals surface area contributed by atoms with Gasteiger partial charge in [-0.3, -0.25) is 0 Å². The Morgan fingerprint density at radius 1 is 0.453 bits per heavy atom. The van der Waals surface area contributed by atoms with Gasteiger partial charge in [0.15, 0.2) is 0 Å². The molecule has 0 saturated carbocycles. The van der Waals surface area contributed by atoms with Crippen LogP contribution in [0, 0.1) is 5.92 Å². The maximum Gasteiger partial charge on any atom is 0.0433 e. The average Bonchev–Trinajstić information content (AvgIpc) is 3.98. The molecule has 2 heteroatoms. The molecule has 0 radical (unpaired) electrons. The van der Waals surface area contributed by atoms with Crippen LogP contribution in [0.1, 0.15) is 31.7 Å². The Balaban J connectivity index is 0.810. The van der Waals surface area contributed by atoms with Crippen molar-refractivity contribution in [2.45, 2.75) is 31.1 Å². The number of rotatable bonds is 10. The summed E-state index contributed by atoms with van der Waals surface area (Å²) in [5, 5.41) is 2.67. The number of benzene rings is 9. The lowest BCUT2D eigenvalue weighted by atomic mass is 9.87. The van der Waals surface area contributed by atoms with Gasteiger partial charge in [0, 0.05) is 36.7 Å². The van der Waals surface area contributed by atoms with Crippen molar-refractivity contribution in [2.24, 2.45) is 5.92 Å². The molecule has 0 aliphatic carbocycles. The molecule has 64 heavy (non-hydrogen) atoms. The zero-order valence-electron chi connectivity index (χ0n) is 36.2. The summed E-state index contributed by atoms with van der Waals surface area (Å²) >= 11 is 3.91. The Kier molecular flexibility index (Phi) is 10.9. The van der Waals surface area contributed by atoms with Crippen molar-refractivity contribution in [3.63, 3.8) is 0 Å². The summed E-state index contributed by atoms with van der Waals surface area (Å²) in [5.41, 5.74) is 18.9. The van der Waals surface area contributed by atoms with Crippen LogP contribution >= 0.6 is 23.1 Å². The summed E-state index contributed by atoms with van der Waals surface area (Å²) in [7, 11) is 0. The van der Waals surface area contributed by atoms with Crippen LogP contribution in [-0.4, -0.2) is 5.75 Å². The van der Waals surface area contributed by atoms with Crippen molar-refractivity contribution in [1.29, 1.82) is 0 Å². The zero-order chi connectivity index (χ0) is 43.0. The van der Waals surface area contributed by atoms with Gasteiger partial charge < -0.3 is 0 Å². The van der Waals surface area contributed by atoms with E-state index in [1.807, 2.05) is 23.1 Å². The quantitative estimate of drug-likeness (QED) is 0.124. The Morgan fingerprint density at radius 3 is 1.45 bits per heavy atom. The smallest absolute Gasteiger partial charge is 0.0433 e. The van der Waals surface area contributed by atoms with Gasteiger partial charge >= 0.3 is 0 Å². The Labute approximate surface area is 385 Å². The Hall–Kier alpha value is -6.71. The molecule has 2 atom stereocenters. The van der Waals surface area contributed by atoms with Crippen molar-refractivity contribution >= 4 is 43.3 Å². The molecule has 308 valence electrons. The molecule has 2 unspecified atom stereocenters. The van der Waals surface area contributed by atoms with Crippen LogP contribution in [0.25, 0.3) is 98.1 Å². The third-order valence-corrected chi connectivity index (χ3v) is 15.6. The Morgan fingerprint density at radius 2 is 0.891 bits per heavy atom. The molecule has 0 saturated heterocycles. The third kappa shape index (κ3) is 7.72. The molecule has 2 heterocycles. The minimum absolute atomic E-state index is 0.542. The monoisotopic (exact) mass is 856 g/mol. The molecule has 0 amide bonds. The minimum Gasteiger partial charge on any atom is -0.135 e. The number of hydrogen-bond donors (Lipinski definition) is 0. The fraction of sp³-hybridized carbons (Fsp3) is 0.0968. The van der Waals surface area contributed by atoms with Gasteiger partial charge in [-0.2, -0.15) is 0 Å². The summed E-state index contributed by atoms with van der Waals surface area (Å²) in [4.78, 5) is 1.45. The van der Waals surface area contributed by atoms with Gasteiger partial charge in [0.25, 0.3) is 0 Å². The predicted molar refractivity (Wildman–Crippen MR) is 279 cm³/mol. The second kappa shape index (κ2) is 17.5. The van der Waals surface area contributed by atoms with Crippen LogP contribution < -0.4 is 0 Å². The summed E-state index contributed by atoms with van der Waals surface area (Å²) in [6, 6.07) is 76.4. The van der Waals surface area contributed by atoms with Crippen molar-refractivity contribution in [2.75, 3.05) is 5.75 Å². The average molecular weight is 857 g/mol. The largest absolute Gasteiger partial charge is 0.135 e. The van der Waals surface area contributed by atoms with Gasteiger partial charge in [-0.05, 0) is 126 Å². The van der Waals surface area contributed by atoms with E-state index in [1.165, 1.54) is 109 Å². The molecule has 0 bridgehead atoms. The predicted octanol–water partition coefficient (Wildman–Crippen LogP) is 18.5. The molecule has 1 aliphatic heterocycles. The highest BCUT2D eigenvalue weighted by Crippen LogP contribution is 2.48. The van der Waals surface area contributed by atoms with E-state index >= 15 is 0 Å². The third-order valence-electron chi connectivity index (χ3n) is 13.1. The molecular weight excluding hydrogens is 809 g/mol. The highest BCUT2D eigenvalue weighted by molar-refractivity contribution is 7.99. The molecular formula is C62H48S2. The highest BCUT2D eigenvalue weighted by Gasteiger charge is 2.28. The SMILES string of the molecule is CC/C=C\C(C)C1CSc2c(-c3cccc(-c4ccc(-c5cccc(-c6cccc(-c7ccc(-c8cccc(-c9cccc%10c9sc9ccccc9%10)c8)cc7)c6)c5)cc4)c3)cccc21. The van der Waals surface area contributed by atoms with Gasteiger partial charge in [-0.15, -0.1) is 23.1 Å². The molecule has 0 nitrogen and oxygen atoms in total. The van der Waals surface area contributed by atoms with Gasteiger partial charge in [-0.25, -0.2) is 0 Å². The van der Waals surface area contributed by atoms with E-state index in [4.69, 9.17) is 0 Å². The molecule has 0 spiro atoms. The van der Waals surface area contributed by atoms with Gasteiger partial charge in [-0.1, -0.05) is 202 Å². The maximum atomic E-state index is 2.40. The first kappa shape index (κ1) is 40.1. The highest BCUT2D eigenvalue weighted by atomic mass is 32.2. The van der Waals surface area contributed by atoms with E-state index in [0.717, 1.165) is 12.2 Å². The molecule has 11 rings (SSSR count). The van der Waals surface area contributed by atoms with Crippen LogP contribution in [0.3, 0.4) is 0 Å². The molecule has 10 aromatic rings. The van der Waals surface area contributed by atoms with Crippen molar-refractivity contribution in [1.82, 2.24) is 0 Å². The number of thiophene rings is 1. The molecule has 1 aromatic heterocycles. The normalized spacial score (nSPS) is 14.1. The van der Waals surface area contributed by atoms with Gasteiger partial charge in [0.2, 0.25) is 0 Å². The molecule has 0 fully saturated rings. The topological polar surface area (TPSA) is 0 Å². The van der Waals surface area contributed by atoms with E-state index in [1.54, 1.807) is 0 Å². The Bertz CT molecular complexity index is 3330. The van der Waals surface area contributed by atoms with Crippen LogP contribution in [0.5, 0.6) is 0 Å². The molecule has 0 N–H and O–H groups in total. The zero-order valence-corrected chi connectivity index (χ0v) is 37.8. The second-order valence-corrected chi connectivity index (χ2v) is 19.2. The second-order valence-electron chi connectivity index (χ2n) is 17.1. The van der Waals surface area contributed by atoms with Gasteiger partial charge in [0.1, 0.15) is 0 Å². The van der Waals surface area contributed by atoms with Crippen LogP contribution in [0.2, 0.25) is 0 Å². The summed E-state index contributed by atoms with van der Waals surface area (Å²) in [6.07, 6.45) is 5.81. The van der Waals surface area contributed by atoms with E-state index in [0.29, 0.717) is 11.8 Å². The molecule has 1 aliphatic rings. The number of thioether (sulfide) groups is 1. The first-order valence-corrected chi connectivity index (χ1v) is 24.3. The summed E-state index contributed by atoms with van der Waals surface area (Å²) < 4.78 is 2.68. The number of fused-ring (bicyclic) bond motifs is 4. The lowest BCUT2D eigenvalue weighted by molar-refractivity contribution is 0.600. The first-order valence-electron chi connectivity index (χ1n) is 22.5. The molecule has 9 aromatic carbocycles. The van der Waals surface area contributed by atoms with E-state index in [-0.39, 0.29) is 0 Å². The van der Waals surface area contributed by atoms with Gasteiger partial charge in [0.05, 0.1) is 0 Å². The fourth-order valence-corrected chi connectivity index (χ4v) is 12.4. The number of allylic oxidation sites excluding steroid dienone is 2. The van der Waals surface area contributed by atoms with Crippen LogP contribution in [0.4, 0.5) is 0 Å². The first-order chi connectivity index (χ1) is 31.6. The minimum atomic E-state index is 0.542. The van der Waals surface area contributed by atoms with E-state index in [2.05, 4.69) is 232 Å². The van der Waals surface area contributed by atoms with Crippen molar-refractivity contribution in [3.8, 4) is 77.9 Å². The standard InChI is InChI=1S/C62H48S2/c1-3-4-13-41(2)59-40-63-61-54(23-11-26-58(59)61)52-20-9-16-48(38-52)44-32-28-42(29-33-44)46-14-7-18-50(36-46)51-19-8-15-47(37-51)43-30-34-45(35-31-43)49-17-10-21-53(39-49)55-24-12-25-57-56-22-5-6-27-60(56)64-62(55)57/h4-39,41,59H,3,40H2,1-2H3/b13-4-. The van der Waals surface area contributed by atoms with Crippen molar-refractivity contribution in [3.05, 3.63) is 224 Å². The maximum absolute atomic E-state index is 2.40.